The highest BCUT2D eigenvalue weighted by Crippen LogP contribution is 2.26. The number of hydrogen-bond donors (Lipinski definition) is 2. The zero-order valence-electron chi connectivity index (χ0n) is 17.3. The molecule has 3 aromatic rings. The lowest BCUT2D eigenvalue weighted by atomic mass is 10.1. The van der Waals surface area contributed by atoms with Gasteiger partial charge < -0.3 is 15.5 Å². The van der Waals surface area contributed by atoms with Crippen LogP contribution < -0.4 is 15.5 Å². The Bertz CT molecular complexity index is 1030. The Balaban J connectivity index is 1.84. The van der Waals surface area contributed by atoms with Crippen LogP contribution in [0.5, 0.6) is 0 Å². The van der Waals surface area contributed by atoms with Gasteiger partial charge in [-0.05, 0) is 63.6 Å². The molecule has 0 atom stereocenters. The molecule has 1 aromatic heterocycles. The molecule has 0 bridgehead atoms. The fraction of sp³-hybridized carbons (Fsp3) is 0.261. The summed E-state index contributed by atoms with van der Waals surface area (Å²) in [7, 11) is 0. The molecule has 29 heavy (non-hydrogen) atoms. The molecule has 0 aliphatic carbocycles. The summed E-state index contributed by atoms with van der Waals surface area (Å²) in [5.41, 5.74) is 5.43. The van der Waals surface area contributed by atoms with Crippen molar-refractivity contribution in [2.45, 2.75) is 27.7 Å². The number of anilines is 5. The van der Waals surface area contributed by atoms with E-state index in [9.17, 15) is 5.26 Å². The summed E-state index contributed by atoms with van der Waals surface area (Å²) in [6.07, 6.45) is 0. The van der Waals surface area contributed by atoms with E-state index in [2.05, 4.69) is 70.5 Å². The van der Waals surface area contributed by atoms with Crippen LogP contribution >= 0.6 is 0 Å². The average Bonchev–Trinajstić information content (AvgIpc) is 2.71. The third-order valence-corrected chi connectivity index (χ3v) is 4.75. The van der Waals surface area contributed by atoms with Crippen molar-refractivity contribution in [3.63, 3.8) is 0 Å². The number of hydrogen-bond acceptors (Lipinski definition) is 6. The summed E-state index contributed by atoms with van der Waals surface area (Å²) >= 11 is 0. The summed E-state index contributed by atoms with van der Waals surface area (Å²) in [6, 6.07) is 17.8. The average molecular weight is 387 g/mol. The van der Waals surface area contributed by atoms with E-state index in [1.54, 1.807) is 6.07 Å². The van der Waals surface area contributed by atoms with Crippen LogP contribution in [0.4, 0.5) is 28.8 Å². The molecule has 0 amide bonds. The maximum absolute atomic E-state index is 9.29. The van der Waals surface area contributed by atoms with Crippen molar-refractivity contribution < 1.29 is 0 Å². The number of nitriles is 1. The quantitative estimate of drug-likeness (QED) is 0.574. The topological polar surface area (TPSA) is 76.9 Å². The molecule has 0 aliphatic heterocycles. The number of aryl methyl sites for hydroxylation is 2. The van der Waals surface area contributed by atoms with Gasteiger partial charge in [0.15, 0.2) is 0 Å². The maximum Gasteiger partial charge on any atom is 0.229 e. The van der Waals surface area contributed by atoms with Gasteiger partial charge in [0.25, 0.3) is 0 Å². The SMILES string of the molecule is CCN(CC)c1ccc(Nc2nc(C)cc(Nc3ccccc3C#N)n2)c(C)c1. The number of nitrogens with one attached hydrogen (secondary N) is 2. The highest BCUT2D eigenvalue weighted by Gasteiger charge is 2.09. The highest BCUT2D eigenvalue weighted by molar-refractivity contribution is 5.67. The Kier molecular flexibility index (Phi) is 6.30. The molecular weight excluding hydrogens is 360 g/mol. The third kappa shape index (κ3) is 4.82. The second-order valence-corrected chi connectivity index (χ2v) is 6.80. The number of benzene rings is 2. The first kappa shape index (κ1) is 20.2. The van der Waals surface area contributed by atoms with Gasteiger partial charge in [0.05, 0.1) is 11.3 Å². The Morgan fingerprint density at radius 2 is 1.69 bits per heavy atom. The second-order valence-electron chi connectivity index (χ2n) is 6.80. The van der Waals surface area contributed by atoms with Crippen LogP contribution in [-0.2, 0) is 0 Å². The zero-order valence-corrected chi connectivity index (χ0v) is 17.3. The third-order valence-electron chi connectivity index (χ3n) is 4.75. The van der Waals surface area contributed by atoms with Crippen LogP contribution in [0.25, 0.3) is 0 Å². The summed E-state index contributed by atoms with van der Waals surface area (Å²) < 4.78 is 0. The molecule has 6 heteroatoms. The van der Waals surface area contributed by atoms with E-state index >= 15 is 0 Å². The fourth-order valence-electron chi connectivity index (χ4n) is 3.21. The molecule has 6 nitrogen and oxygen atoms in total. The van der Waals surface area contributed by atoms with Crippen molar-refractivity contribution in [3.8, 4) is 6.07 Å². The van der Waals surface area contributed by atoms with Gasteiger partial charge in [0.1, 0.15) is 11.9 Å². The molecule has 2 aromatic carbocycles. The van der Waals surface area contributed by atoms with Crippen molar-refractivity contribution in [1.82, 2.24) is 9.97 Å². The van der Waals surface area contributed by atoms with Gasteiger partial charge in [-0.1, -0.05) is 12.1 Å². The molecule has 0 spiro atoms. The fourth-order valence-corrected chi connectivity index (χ4v) is 3.21. The molecule has 3 rings (SSSR count). The van der Waals surface area contributed by atoms with E-state index in [4.69, 9.17) is 0 Å². The molecule has 0 aliphatic rings. The smallest absolute Gasteiger partial charge is 0.229 e. The number of nitrogens with zero attached hydrogens (tertiary/aromatic N) is 4. The Hall–Kier alpha value is -3.59. The van der Waals surface area contributed by atoms with Crippen molar-refractivity contribution >= 4 is 28.8 Å². The summed E-state index contributed by atoms with van der Waals surface area (Å²) in [5.74, 6) is 1.15. The molecule has 0 radical (unpaired) electrons. The maximum atomic E-state index is 9.29. The van der Waals surface area contributed by atoms with Crippen molar-refractivity contribution in [1.29, 1.82) is 5.26 Å². The van der Waals surface area contributed by atoms with Gasteiger partial charge in [-0.15, -0.1) is 0 Å². The van der Waals surface area contributed by atoms with Crippen molar-refractivity contribution in [2.24, 2.45) is 0 Å². The normalized spacial score (nSPS) is 10.3. The molecule has 148 valence electrons. The lowest BCUT2D eigenvalue weighted by Crippen LogP contribution is -2.21. The zero-order chi connectivity index (χ0) is 20.8. The van der Waals surface area contributed by atoms with Crippen LogP contribution in [0, 0.1) is 25.2 Å². The highest BCUT2D eigenvalue weighted by atomic mass is 15.1. The largest absolute Gasteiger partial charge is 0.372 e. The molecule has 0 saturated carbocycles. The van der Waals surface area contributed by atoms with E-state index in [1.807, 2.05) is 31.2 Å². The van der Waals surface area contributed by atoms with E-state index < -0.39 is 0 Å². The Labute approximate surface area is 172 Å². The Morgan fingerprint density at radius 3 is 2.38 bits per heavy atom. The minimum absolute atomic E-state index is 0.514. The summed E-state index contributed by atoms with van der Waals surface area (Å²) in [4.78, 5) is 11.4. The van der Waals surface area contributed by atoms with Crippen LogP contribution in [-0.4, -0.2) is 23.1 Å². The van der Waals surface area contributed by atoms with Crippen LogP contribution in [0.2, 0.25) is 0 Å². The number of rotatable bonds is 7. The minimum atomic E-state index is 0.514. The van der Waals surface area contributed by atoms with Crippen LogP contribution in [0.15, 0.2) is 48.5 Å². The molecule has 2 N–H and O–H groups in total. The number of aromatic nitrogens is 2. The predicted octanol–water partition coefficient (Wildman–Crippen LogP) is 5.30. The monoisotopic (exact) mass is 386 g/mol. The summed E-state index contributed by atoms with van der Waals surface area (Å²) in [5, 5.41) is 15.8. The van der Waals surface area contributed by atoms with E-state index in [-0.39, 0.29) is 0 Å². The van der Waals surface area contributed by atoms with Crippen molar-refractivity contribution in [2.75, 3.05) is 28.6 Å². The van der Waals surface area contributed by atoms with E-state index in [0.29, 0.717) is 17.3 Å². The second kappa shape index (κ2) is 9.07. The van der Waals surface area contributed by atoms with Gasteiger partial charge in [0, 0.05) is 36.2 Å². The molecule has 0 fully saturated rings. The minimum Gasteiger partial charge on any atom is -0.372 e. The van der Waals surface area contributed by atoms with E-state index in [1.165, 1.54) is 5.69 Å². The predicted molar refractivity (Wildman–Crippen MR) is 119 cm³/mol. The van der Waals surface area contributed by atoms with Gasteiger partial charge in [0.2, 0.25) is 5.95 Å². The first-order chi connectivity index (χ1) is 14.0. The standard InChI is InChI=1S/C23H26N6/c1-5-29(6-2)19-11-12-20(16(3)13-19)27-23-25-17(4)14-22(28-23)26-21-10-8-7-9-18(21)15-24/h7-14H,5-6H2,1-4H3,(H2,25,26,27,28). The lowest BCUT2D eigenvalue weighted by Gasteiger charge is -2.22. The first-order valence-electron chi connectivity index (χ1n) is 9.78. The Morgan fingerprint density at radius 1 is 0.931 bits per heavy atom. The molecule has 0 unspecified atom stereocenters. The first-order valence-corrected chi connectivity index (χ1v) is 9.78. The molecular formula is C23H26N6. The molecule has 0 saturated heterocycles. The number of para-hydroxylation sites is 1. The van der Waals surface area contributed by atoms with Gasteiger partial charge in [-0.25, -0.2) is 4.98 Å². The van der Waals surface area contributed by atoms with Gasteiger partial charge in [-0.2, -0.15) is 10.2 Å². The van der Waals surface area contributed by atoms with Crippen molar-refractivity contribution in [3.05, 3.63) is 65.4 Å². The van der Waals surface area contributed by atoms with E-state index in [0.717, 1.165) is 35.7 Å². The summed E-state index contributed by atoms with van der Waals surface area (Å²) in [6.45, 7) is 10.3. The van der Waals surface area contributed by atoms with Crippen LogP contribution in [0.3, 0.4) is 0 Å². The molecule has 1 heterocycles. The van der Waals surface area contributed by atoms with Gasteiger partial charge >= 0.3 is 0 Å². The van der Waals surface area contributed by atoms with Gasteiger partial charge in [-0.3, -0.25) is 0 Å². The van der Waals surface area contributed by atoms with Crippen LogP contribution in [0.1, 0.15) is 30.7 Å². The lowest BCUT2D eigenvalue weighted by molar-refractivity contribution is 0.866.